The molecule has 0 aliphatic carbocycles. The van der Waals surface area contributed by atoms with Gasteiger partial charge in [-0.25, -0.2) is 0 Å². The van der Waals surface area contributed by atoms with Crippen LogP contribution in [0.2, 0.25) is 56.5 Å². The van der Waals surface area contributed by atoms with Crippen molar-refractivity contribution in [3.05, 3.63) is 0 Å². The molecule has 0 aromatic carbocycles. The molecule has 0 amide bonds. The van der Waals surface area contributed by atoms with Crippen LogP contribution in [0.5, 0.6) is 0 Å². The molecule has 0 radical (unpaired) electrons. The Bertz CT molecular complexity index is 990. The largest absolute Gasteiger partial charge is 0.437 e. The second-order valence-corrected chi connectivity index (χ2v) is 30.7. The van der Waals surface area contributed by atoms with Crippen molar-refractivity contribution in [2.45, 2.75) is 96.1 Å². The smallest absolute Gasteiger partial charge is 0.314 e. The normalized spacial score (nSPS) is 13.4. The van der Waals surface area contributed by atoms with E-state index in [1.165, 1.54) is 12.8 Å². The zero-order valence-corrected chi connectivity index (χ0v) is 39.5. The molecule has 0 spiro atoms. The summed E-state index contributed by atoms with van der Waals surface area (Å²) in [6.45, 7) is 17.8. The standard InChI is InChI=1S/C24H58N6O3Si4.C9H21N3/c1-15-34(31)22-36(13,20-16-18-25-23(27(2)3)28(4)5)33-37(14,32-35(10,11)12)21-17-19-26-24(29(6)7)30(8)9;1-6-7-8-10-9(11(2)3)12(4)5/h15-22H2,1-14H3;6-8H2,1-5H3. The first-order chi connectivity index (χ1) is 22.4. The summed E-state index contributed by atoms with van der Waals surface area (Å²) in [5, 5.41) is 0. The molecule has 0 heterocycles. The zero-order chi connectivity index (χ0) is 38.6. The molecule has 0 aliphatic heterocycles. The first-order valence-electron chi connectivity index (χ1n) is 18.0. The van der Waals surface area contributed by atoms with Gasteiger partial charge in [0.2, 0.25) is 0 Å². The molecule has 0 bridgehead atoms. The fourth-order valence-corrected chi connectivity index (χ4v) is 24.4. The Morgan fingerprint density at radius 2 is 0.898 bits per heavy atom. The molecule has 12 nitrogen and oxygen atoms in total. The monoisotopic (exact) mass is 762 g/mol. The molecular weight excluding hydrogens is 683 g/mol. The van der Waals surface area contributed by atoms with Gasteiger partial charge in [-0.15, -0.1) is 0 Å². The second kappa shape index (κ2) is 24.6. The van der Waals surface area contributed by atoms with Crippen LogP contribution in [0, 0.1) is 0 Å². The highest BCUT2D eigenvalue weighted by Gasteiger charge is 2.44. The zero-order valence-electron chi connectivity index (χ0n) is 35.5. The maximum atomic E-state index is 12.8. The molecule has 2 atom stereocenters. The average molecular weight is 762 g/mol. The Kier molecular flexibility index (Phi) is 24.8. The summed E-state index contributed by atoms with van der Waals surface area (Å²) < 4.78 is 26.8. The highest BCUT2D eigenvalue weighted by Crippen LogP contribution is 2.30. The maximum Gasteiger partial charge on any atom is 0.314 e. The van der Waals surface area contributed by atoms with Crippen LogP contribution >= 0.6 is 0 Å². The molecule has 16 heteroatoms. The molecule has 0 saturated heterocycles. The Balaban J connectivity index is 0. The van der Waals surface area contributed by atoms with Crippen LogP contribution in [-0.2, 0) is 12.7 Å². The molecule has 0 rings (SSSR count). The fourth-order valence-electron chi connectivity index (χ4n) is 5.61. The van der Waals surface area contributed by atoms with Gasteiger partial charge in [-0.2, -0.15) is 0 Å². The van der Waals surface area contributed by atoms with Crippen molar-refractivity contribution >= 4 is 51.8 Å². The molecule has 0 N–H and O–H groups in total. The number of nitrogens with zero attached hydrogens (tertiary/aromatic N) is 9. The lowest BCUT2D eigenvalue weighted by Crippen LogP contribution is -2.55. The predicted molar refractivity (Wildman–Crippen MR) is 223 cm³/mol. The van der Waals surface area contributed by atoms with E-state index in [-0.39, 0.29) is 0 Å². The quantitative estimate of drug-likeness (QED) is 0.0779. The van der Waals surface area contributed by atoms with Gasteiger partial charge in [-0.1, -0.05) is 20.3 Å². The van der Waals surface area contributed by atoms with Gasteiger partial charge < -0.3 is 42.1 Å². The Morgan fingerprint density at radius 3 is 1.20 bits per heavy atom. The molecule has 2 unspecified atom stereocenters. The number of aliphatic imine (C=N–C) groups is 3. The van der Waals surface area contributed by atoms with Gasteiger partial charge >= 0.3 is 8.56 Å². The molecule has 0 aromatic rings. The third-order valence-electron chi connectivity index (χ3n) is 7.27. The minimum Gasteiger partial charge on any atom is -0.437 e. The van der Waals surface area contributed by atoms with E-state index >= 15 is 0 Å². The lowest BCUT2D eigenvalue weighted by molar-refractivity contribution is 0.376. The molecule has 0 fully saturated rings. The van der Waals surface area contributed by atoms with E-state index in [2.05, 4.69) is 44.7 Å². The average Bonchev–Trinajstić information content (AvgIpc) is 2.92. The topological polar surface area (TPSA) is 92.0 Å². The number of hydrogen-bond acceptors (Lipinski definition) is 6. The summed E-state index contributed by atoms with van der Waals surface area (Å²) in [5.41, 5.74) is 0.729. The van der Waals surface area contributed by atoms with Crippen molar-refractivity contribution in [2.75, 3.05) is 104 Å². The van der Waals surface area contributed by atoms with Crippen molar-refractivity contribution < 1.29 is 12.7 Å². The van der Waals surface area contributed by atoms with Crippen molar-refractivity contribution in [1.29, 1.82) is 0 Å². The van der Waals surface area contributed by atoms with Gasteiger partial charge in [0.1, 0.15) is 0 Å². The molecule has 290 valence electrons. The van der Waals surface area contributed by atoms with E-state index in [0.29, 0.717) is 0 Å². The van der Waals surface area contributed by atoms with Crippen LogP contribution in [0.1, 0.15) is 39.5 Å². The van der Waals surface area contributed by atoms with Crippen molar-refractivity contribution in [3.8, 4) is 0 Å². The number of rotatable bonds is 18. The van der Waals surface area contributed by atoms with Crippen molar-refractivity contribution in [1.82, 2.24) is 29.4 Å². The van der Waals surface area contributed by atoms with Crippen LogP contribution in [0.15, 0.2) is 15.0 Å². The Hall–Kier alpha value is -1.60. The minimum atomic E-state index is -2.49. The number of hydrogen-bond donors (Lipinski definition) is 0. The van der Waals surface area contributed by atoms with Gasteiger partial charge in [0.05, 0.1) is 0 Å². The first kappa shape index (κ1) is 49.5. The molecule has 0 aliphatic rings. The second-order valence-electron chi connectivity index (χ2n) is 15.4. The predicted octanol–water partition coefficient (Wildman–Crippen LogP) is 5.49. The van der Waals surface area contributed by atoms with E-state index in [0.717, 1.165) is 74.2 Å². The van der Waals surface area contributed by atoms with E-state index in [1.54, 1.807) is 0 Å². The van der Waals surface area contributed by atoms with Crippen LogP contribution in [0.4, 0.5) is 0 Å². The summed E-state index contributed by atoms with van der Waals surface area (Å²) in [5.74, 6) is 2.97. The van der Waals surface area contributed by atoms with Crippen LogP contribution < -0.4 is 0 Å². The maximum absolute atomic E-state index is 12.8. The van der Waals surface area contributed by atoms with E-state index in [4.69, 9.17) is 18.2 Å². The van der Waals surface area contributed by atoms with Gasteiger partial charge in [0, 0.05) is 110 Å². The van der Waals surface area contributed by atoms with E-state index in [1.807, 2.05) is 121 Å². The third-order valence-corrected chi connectivity index (χ3v) is 23.2. The highest BCUT2D eigenvalue weighted by atomic mass is 28.5. The third kappa shape index (κ3) is 23.5. The van der Waals surface area contributed by atoms with Crippen LogP contribution in [-0.4, -0.2) is 185 Å². The van der Waals surface area contributed by atoms with Crippen LogP contribution in [0.25, 0.3) is 0 Å². The summed E-state index contributed by atoms with van der Waals surface area (Å²) in [6.07, 6.45) is 4.23. The Morgan fingerprint density at radius 1 is 0.551 bits per heavy atom. The van der Waals surface area contributed by atoms with Gasteiger partial charge in [0.15, 0.2) is 34.5 Å². The van der Waals surface area contributed by atoms with Crippen LogP contribution in [0.3, 0.4) is 0 Å². The molecular formula is C33H79N9O3Si4. The summed E-state index contributed by atoms with van der Waals surface area (Å²) in [7, 11) is 16.0. The highest BCUT2D eigenvalue weighted by molar-refractivity contribution is 6.91. The molecule has 49 heavy (non-hydrogen) atoms. The van der Waals surface area contributed by atoms with Crippen molar-refractivity contribution in [3.63, 3.8) is 0 Å². The minimum absolute atomic E-state index is 0.729. The summed E-state index contributed by atoms with van der Waals surface area (Å²) >= 11 is 0. The fraction of sp³-hybridized carbons (Fsp3) is 0.909. The van der Waals surface area contributed by atoms with E-state index < -0.39 is 33.9 Å². The lowest BCUT2D eigenvalue weighted by atomic mass is 10.3. The van der Waals surface area contributed by atoms with Gasteiger partial charge in [-0.3, -0.25) is 15.0 Å². The number of guanidine groups is 3. The summed E-state index contributed by atoms with van der Waals surface area (Å²) in [4.78, 5) is 26.3. The van der Waals surface area contributed by atoms with Gasteiger partial charge in [-0.05, 0) is 70.1 Å². The van der Waals surface area contributed by atoms with E-state index in [9.17, 15) is 4.46 Å². The van der Waals surface area contributed by atoms with Gasteiger partial charge in [0.25, 0.3) is 8.68 Å². The summed E-state index contributed by atoms with van der Waals surface area (Å²) in [6, 6.07) is 2.58. The SMILES string of the molecule is CCCCN=C(N(C)C)N(C)C.CC[Si](=O)C[Si](C)(CCCN=C(N(C)C)N(C)C)O[Si](C)(CCCN=C(N(C)C)N(C)C)O[Si](C)(C)C. The Labute approximate surface area is 308 Å². The first-order valence-corrected chi connectivity index (χ1v) is 28.6. The molecule has 0 saturated carbocycles. The lowest BCUT2D eigenvalue weighted by Gasteiger charge is -2.41. The van der Waals surface area contributed by atoms with Crippen molar-refractivity contribution in [2.24, 2.45) is 15.0 Å². The molecule has 0 aromatic heterocycles. The number of unbranched alkanes of at least 4 members (excludes halogenated alkanes) is 1.